The molecule has 2 heterocycles. The van der Waals surface area contributed by atoms with Crippen LogP contribution < -0.4 is 0 Å². The molecule has 1 aromatic carbocycles. The number of phenolic OH excluding ortho intramolecular Hbond substituents is 1. The van der Waals surface area contributed by atoms with E-state index in [1.54, 1.807) is 39.2 Å². The molecule has 42 heavy (non-hydrogen) atoms. The Labute approximate surface area is 249 Å². The van der Waals surface area contributed by atoms with Crippen LogP contribution in [0.4, 0.5) is 0 Å². The molecule has 0 aliphatic carbocycles. The number of phenols is 1. The van der Waals surface area contributed by atoms with Gasteiger partial charge in [0.25, 0.3) is 0 Å². The molecule has 0 saturated carbocycles. The standard InChI is InChI=1S/C34H44N2O6/c1-23-16-17-27-21-29(42-34(39)31(27)32(23)38)25(3)19-28-22-41-33(35-28)24(2)15-13-11-9-7-8-10-12-14-18-36(5)30(37)20-26(4)40-6/h7,9,11-14,16-17,20,22,24-25,29,38H,8,10,15,18-19,21H2,1-6H3/b9-7-,13-11-,14-12+,26-20+/t24-,25+,29-/m1/s1. The molecule has 1 aliphatic heterocycles. The number of carbonyl (C=O) groups is 2. The van der Waals surface area contributed by atoms with E-state index in [2.05, 4.69) is 25.2 Å². The van der Waals surface area contributed by atoms with Crippen LogP contribution in [0.2, 0.25) is 0 Å². The number of allylic oxidation sites excluding steroid dienone is 6. The highest BCUT2D eigenvalue weighted by Gasteiger charge is 2.33. The third-order valence-corrected chi connectivity index (χ3v) is 7.45. The number of carbonyl (C=O) groups excluding carboxylic acids is 2. The molecule has 0 unspecified atom stereocenters. The first-order valence-corrected chi connectivity index (χ1v) is 14.5. The Kier molecular flexibility index (Phi) is 12.2. The van der Waals surface area contributed by atoms with E-state index in [1.807, 2.05) is 37.3 Å². The van der Waals surface area contributed by atoms with Gasteiger partial charge in [0.1, 0.15) is 23.7 Å². The first-order valence-electron chi connectivity index (χ1n) is 14.5. The molecule has 8 heteroatoms. The number of aryl methyl sites for hydroxylation is 1. The van der Waals surface area contributed by atoms with Crippen LogP contribution in [0.5, 0.6) is 5.75 Å². The van der Waals surface area contributed by atoms with Crippen molar-refractivity contribution in [2.75, 3.05) is 20.7 Å². The number of rotatable bonds is 14. The van der Waals surface area contributed by atoms with Gasteiger partial charge >= 0.3 is 5.97 Å². The second-order valence-electron chi connectivity index (χ2n) is 11.0. The zero-order valence-corrected chi connectivity index (χ0v) is 25.6. The summed E-state index contributed by atoms with van der Waals surface area (Å²) in [6.07, 6.45) is 19.1. The molecular weight excluding hydrogens is 532 g/mol. The normalized spacial score (nSPS) is 17.0. The molecule has 0 saturated heterocycles. The molecule has 1 N–H and O–H groups in total. The number of aromatic nitrogens is 1. The monoisotopic (exact) mass is 576 g/mol. The minimum absolute atomic E-state index is 0.0112. The number of benzene rings is 1. The number of oxazole rings is 1. The van der Waals surface area contributed by atoms with Crippen molar-refractivity contribution in [2.24, 2.45) is 5.92 Å². The Balaban J connectivity index is 1.38. The van der Waals surface area contributed by atoms with Crippen LogP contribution in [0, 0.1) is 12.8 Å². The summed E-state index contributed by atoms with van der Waals surface area (Å²) in [5.41, 5.74) is 2.61. The third kappa shape index (κ3) is 9.23. The van der Waals surface area contributed by atoms with E-state index >= 15 is 0 Å². The van der Waals surface area contributed by atoms with Crippen molar-refractivity contribution in [3.8, 4) is 5.75 Å². The average Bonchev–Trinajstić information content (AvgIpc) is 3.43. The summed E-state index contributed by atoms with van der Waals surface area (Å²) < 4.78 is 16.5. The fourth-order valence-corrected chi connectivity index (χ4v) is 4.62. The summed E-state index contributed by atoms with van der Waals surface area (Å²) in [7, 11) is 3.31. The Bertz CT molecular complexity index is 1340. The molecule has 1 aromatic heterocycles. The number of likely N-dealkylation sites (N-methyl/N-ethyl adjacent to an activating group) is 1. The lowest BCUT2D eigenvalue weighted by molar-refractivity contribution is -0.124. The van der Waals surface area contributed by atoms with Crippen LogP contribution in [0.25, 0.3) is 0 Å². The molecule has 0 radical (unpaired) electrons. The number of hydrogen-bond donors (Lipinski definition) is 1. The predicted molar refractivity (Wildman–Crippen MR) is 163 cm³/mol. The van der Waals surface area contributed by atoms with Gasteiger partial charge in [-0.1, -0.05) is 62.4 Å². The average molecular weight is 577 g/mol. The number of hydrogen-bond acceptors (Lipinski definition) is 7. The highest BCUT2D eigenvalue weighted by atomic mass is 16.5. The highest BCUT2D eigenvalue weighted by Crippen LogP contribution is 2.33. The minimum atomic E-state index is -0.469. The van der Waals surface area contributed by atoms with Crippen LogP contribution in [-0.4, -0.2) is 53.7 Å². The number of amides is 1. The Morgan fingerprint density at radius 3 is 2.69 bits per heavy atom. The molecule has 8 nitrogen and oxygen atoms in total. The molecule has 0 spiro atoms. The first-order chi connectivity index (χ1) is 20.1. The lowest BCUT2D eigenvalue weighted by Crippen LogP contribution is -2.34. The van der Waals surface area contributed by atoms with Gasteiger partial charge in [-0.3, -0.25) is 4.79 Å². The summed E-state index contributed by atoms with van der Waals surface area (Å²) >= 11 is 0. The zero-order valence-electron chi connectivity index (χ0n) is 25.6. The number of methoxy groups -OCH3 is 1. The van der Waals surface area contributed by atoms with Gasteiger partial charge in [0, 0.05) is 32.0 Å². The lowest BCUT2D eigenvalue weighted by Gasteiger charge is -2.29. The number of fused-ring (bicyclic) bond motifs is 1. The molecular formula is C34H44N2O6. The predicted octanol–water partition coefficient (Wildman–Crippen LogP) is 6.60. The van der Waals surface area contributed by atoms with E-state index < -0.39 is 5.97 Å². The van der Waals surface area contributed by atoms with Crippen LogP contribution >= 0.6 is 0 Å². The Morgan fingerprint density at radius 2 is 1.93 bits per heavy atom. The van der Waals surface area contributed by atoms with E-state index in [0.29, 0.717) is 36.6 Å². The maximum atomic E-state index is 12.6. The quantitative estimate of drug-likeness (QED) is 0.0675. The maximum absolute atomic E-state index is 12.6. The van der Waals surface area contributed by atoms with E-state index in [9.17, 15) is 14.7 Å². The van der Waals surface area contributed by atoms with E-state index in [0.717, 1.165) is 30.5 Å². The number of aromatic hydroxyl groups is 1. The third-order valence-electron chi connectivity index (χ3n) is 7.45. The van der Waals surface area contributed by atoms with E-state index in [1.165, 1.54) is 6.08 Å². The lowest BCUT2D eigenvalue weighted by atomic mass is 9.88. The van der Waals surface area contributed by atoms with E-state index in [-0.39, 0.29) is 35.2 Å². The first kappa shape index (κ1) is 32.4. The summed E-state index contributed by atoms with van der Waals surface area (Å²) in [6, 6.07) is 3.73. The van der Waals surface area contributed by atoms with Gasteiger partial charge in [-0.05, 0) is 56.6 Å². The fourth-order valence-electron chi connectivity index (χ4n) is 4.62. The number of esters is 1. The van der Waals surface area contributed by atoms with Gasteiger partial charge in [0.15, 0.2) is 5.89 Å². The van der Waals surface area contributed by atoms with Crippen LogP contribution in [0.1, 0.15) is 79.0 Å². The van der Waals surface area contributed by atoms with Gasteiger partial charge in [-0.25, -0.2) is 9.78 Å². The molecule has 0 bridgehead atoms. The van der Waals surface area contributed by atoms with Crippen molar-refractivity contribution in [1.82, 2.24) is 9.88 Å². The van der Waals surface area contributed by atoms with Gasteiger partial charge in [-0.2, -0.15) is 0 Å². The van der Waals surface area contributed by atoms with Crippen molar-refractivity contribution < 1.29 is 28.6 Å². The molecule has 226 valence electrons. The fraction of sp³-hybridized carbons (Fsp3) is 0.441. The SMILES string of the molecule is CO/C(C)=C/C(=O)N(C)C/C=C/CC/C=C\C=C/C[C@@H](C)c1nc(C[C@H](C)[C@H]2Cc3ccc(C)c(O)c3C(=O)O2)co1. The minimum Gasteiger partial charge on any atom is -0.507 e. The van der Waals surface area contributed by atoms with Gasteiger partial charge in [0.05, 0.1) is 18.6 Å². The number of ether oxygens (including phenoxy) is 2. The maximum Gasteiger partial charge on any atom is 0.342 e. The topological polar surface area (TPSA) is 102 Å². The van der Waals surface area contributed by atoms with Gasteiger partial charge in [0.2, 0.25) is 5.91 Å². The van der Waals surface area contributed by atoms with Gasteiger partial charge in [-0.15, -0.1) is 0 Å². The van der Waals surface area contributed by atoms with Crippen molar-refractivity contribution >= 4 is 11.9 Å². The second-order valence-corrected chi connectivity index (χ2v) is 11.0. The highest BCUT2D eigenvalue weighted by molar-refractivity contribution is 5.95. The Morgan fingerprint density at radius 1 is 1.19 bits per heavy atom. The van der Waals surface area contributed by atoms with E-state index in [4.69, 9.17) is 18.9 Å². The molecule has 1 amide bonds. The number of cyclic esters (lactones) is 1. The molecule has 3 atom stereocenters. The van der Waals surface area contributed by atoms with Crippen molar-refractivity contribution in [3.05, 3.63) is 95.0 Å². The number of nitrogens with zero attached hydrogens (tertiary/aromatic N) is 2. The van der Waals surface area contributed by atoms with Crippen molar-refractivity contribution in [1.29, 1.82) is 0 Å². The van der Waals surface area contributed by atoms with Crippen molar-refractivity contribution in [3.63, 3.8) is 0 Å². The molecule has 1 aliphatic rings. The van der Waals surface area contributed by atoms with Crippen LogP contribution in [0.15, 0.2) is 71.1 Å². The molecule has 0 fully saturated rings. The van der Waals surface area contributed by atoms with Gasteiger partial charge < -0.3 is 23.9 Å². The largest absolute Gasteiger partial charge is 0.507 e. The smallest absolute Gasteiger partial charge is 0.342 e. The summed E-state index contributed by atoms with van der Waals surface area (Å²) in [4.78, 5) is 30.9. The second kappa shape index (κ2) is 15.8. The molecule has 3 rings (SSSR count). The Hall–Kier alpha value is -4.07. The zero-order chi connectivity index (χ0) is 30.6. The number of unbranched alkanes of at least 4 members (excludes halogenated alkanes) is 1. The van der Waals surface area contributed by atoms with Crippen LogP contribution in [-0.2, 0) is 27.1 Å². The summed E-state index contributed by atoms with van der Waals surface area (Å²) in [6.45, 7) is 8.21. The summed E-state index contributed by atoms with van der Waals surface area (Å²) in [5.74, 6) is 0.928. The van der Waals surface area contributed by atoms with Crippen LogP contribution in [0.3, 0.4) is 0 Å². The molecule has 2 aromatic rings. The summed E-state index contributed by atoms with van der Waals surface area (Å²) in [5, 5.41) is 10.3. The van der Waals surface area contributed by atoms with Crippen molar-refractivity contribution in [2.45, 2.75) is 71.8 Å².